The van der Waals surface area contributed by atoms with Crippen molar-refractivity contribution in [2.75, 3.05) is 19.7 Å². The fourth-order valence-electron chi connectivity index (χ4n) is 2.66. The van der Waals surface area contributed by atoms with E-state index in [1.165, 1.54) is 0 Å². The van der Waals surface area contributed by atoms with Crippen LogP contribution in [0.5, 0.6) is 0 Å². The summed E-state index contributed by atoms with van der Waals surface area (Å²) in [6.07, 6.45) is 0.846. The number of carbonyl (C=O) groups is 1. The Morgan fingerprint density at radius 2 is 2.25 bits per heavy atom. The van der Waals surface area contributed by atoms with E-state index < -0.39 is 0 Å². The van der Waals surface area contributed by atoms with Crippen LogP contribution in [0.15, 0.2) is 30.3 Å². The van der Waals surface area contributed by atoms with Crippen LogP contribution in [0.25, 0.3) is 10.9 Å². The lowest BCUT2D eigenvalue weighted by Gasteiger charge is -2.17. The number of amides is 1. The van der Waals surface area contributed by atoms with Gasteiger partial charge in [0.25, 0.3) is 5.91 Å². The van der Waals surface area contributed by atoms with Gasteiger partial charge in [0, 0.05) is 31.0 Å². The third-order valence-corrected chi connectivity index (χ3v) is 3.94. The lowest BCUT2D eigenvalue weighted by molar-refractivity contribution is 0.0783. The summed E-state index contributed by atoms with van der Waals surface area (Å²) in [7, 11) is 0. The van der Waals surface area contributed by atoms with E-state index in [0.717, 1.165) is 17.3 Å². The molecule has 104 valence electrons. The Morgan fingerprint density at radius 1 is 1.45 bits per heavy atom. The van der Waals surface area contributed by atoms with Gasteiger partial charge in [0.15, 0.2) is 0 Å². The molecule has 20 heavy (non-hydrogen) atoms. The molecule has 1 saturated heterocycles. The fourth-order valence-corrected chi connectivity index (χ4v) is 2.86. The summed E-state index contributed by atoms with van der Waals surface area (Å²) >= 11 is 6.01. The highest BCUT2D eigenvalue weighted by molar-refractivity contribution is 6.30. The number of aliphatic hydroxyl groups excluding tert-OH is 1. The number of aliphatic hydroxyl groups is 1. The largest absolute Gasteiger partial charge is 0.396 e. The third kappa shape index (κ3) is 2.37. The Morgan fingerprint density at radius 3 is 3.00 bits per heavy atom. The zero-order valence-electron chi connectivity index (χ0n) is 10.9. The normalized spacial score (nSPS) is 18.7. The van der Waals surface area contributed by atoms with Gasteiger partial charge in [0.2, 0.25) is 0 Å². The first-order chi connectivity index (χ1) is 9.69. The van der Waals surface area contributed by atoms with E-state index >= 15 is 0 Å². The first-order valence-corrected chi connectivity index (χ1v) is 7.02. The molecular formula is C15H15ClN2O2. The van der Waals surface area contributed by atoms with Gasteiger partial charge in [0.1, 0.15) is 5.15 Å². The average Bonchev–Trinajstić information content (AvgIpc) is 2.94. The Hall–Kier alpha value is -1.65. The highest BCUT2D eigenvalue weighted by Crippen LogP contribution is 2.25. The topological polar surface area (TPSA) is 53.4 Å². The fraction of sp³-hybridized carbons (Fsp3) is 0.333. The number of pyridine rings is 1. The van der Waals surface area contributed by atoms with Crippen molar-refractivity contribution in [2.24, 2.45) is 5.92 Å². The average molecular weight is 291 g/mol. The zero-order valence-corrected chi connectivity index (χ0v) is 11.7. The van der Waals surface area contributed by atoms with Crippen molar-refractivity contribution in [1.82, 2.24) is 9.88 Å². The standard InChI is InChI=1S/C15H15ClN2O2/c16-14-7-12(11-3-1-2-4-13(11)17-14)15(20)18-6-5-10(8-18)9-19/h1-4,7,10,19H,5-6,8-9H2. The Labute approximate surface area is 122 Å². The van der Waals surface area contributed by atoms with E-state index in [4.69, 9.17) is 11.6 Å². The van der Waals surface area contributed by atoms with Gasteiger partial charge in [0.05, 0.1) is 11.1 Å². The van der Waals surface area contributed by atoms with Crippen LogP contribution in [-0.2, 0) is 0 Å². The highest BCUT2D eigenvalue weighted by Gasteiger charge is 2.27. The summed E-state index contributed by atoms with van der Waals surface area (Å²) in [5.74, 6) is 0.143. The second-order valence-electron chi connectivity index (χ2n) is 5.10. The first kappa shape index (κ1) is 13.3. The molecule has 4 nitrogen and oxygen atoms in total. The first-order valence-electron chi connectivity index (χ1n) is 6.64. The molecule has 1 fully saturated rings. The summed E-state index contributed by atoms with van der Waals surface area (Å²) in [5.41, 5.74) is 1.31. The lowest BCUT2D eigenvalue weighted by atomic mass is 10.1. The molecule has 1 aliphatic rings. The van der Waals surface area contributed by atoms with E-state index in [0.29, 0.717) is 23.8 Å². The molecule has 1 aromatic heterocycles. The van der Waals surface area contributed by atoms with Crippen LogP contribution in [-0.4, -0.2) is 40.6 Å². The Kier molecular flexibility index (Phi) is 3.59. The van der Waals surface area contributed by atoms with Gasteiger partial charge in [-0.3, -0.25) is 4.79 Å². The second kappa shape index (κ2) is 5.38. The molecule has 0 spiro atoms. The van der Waals surface area contributed by atoms with Crippen molar-refractivity contribution in [1.29, 1.82) is 0 Å². The lowest BCUT2D eigenvalue weighted by Crippen LogP contribution is -2.29. The van der Waals surface area contributed by atoms with E-state index in [2.05, 4.69) is 4.98 Å². The van der Waals surface area contributed by atoms with Crippen LogP contribution in [0.3, 0.4) is 0 Å². The second-order valence-corrected chi connectivity index (χ2v) is 5.49. The molecule has 2 heterocycles. The van der Waals surface area contributed by atoms with Gasteiger partial charge in [-0.25, -0.2) is 4.98 Å². The minimum absolute atomic E-state index is 0.0403. The summed E-state index contributed by atoms with van der Waals surface area (Å²) in [4.78, 5) is 18.6. The van der Waals surface area contributed by atoms with Gasteiger partial charge in [-0.1, -0.05) is 29.8 Å². The smallest absolute Gasteiger partial charge is 0.254 e. The molecule has 1 amide bonds. The summed E-state index contributed by atoms with van der Waals surface area (Å²) in [5, 5.41) is 10.3. The van der Waals surface area contributed by atoms with E-state index in [1.54, 1.807) is 11.0 Å². The van der Waals surface area contributed by atoms with Crippen molar-refractivity contribution < 1.29 is 9.90 Å². The van der Waals surface area contributed by atoms with Crippen LogP contribution >= 0.6 is 11.6 Å². The maximum absolute atomic E-state index is 12.6. The summed E-state index contributed by atoms with van der Waals surface area (Å²) < 4.78 is 0. The number of hydrogen-bond donors (Lipinski definition) is 1. The monoisotopic (exact) mass is 290 g/mol. The molecule has 2 aromatic rings. The predicted octanol–water partition coefficient (Wildman–Crippen LogP) is 2.34. The molecule has 0 bridgehead atoms. The van der Waals surface area contributed by atoms with E-state index in [1.807, 2.05) is 24.3 Å². The van der Waals surface area contributed by atoms with Crippen LogP contribution < -0.4 is 0 Å². The van der Waals surface area contributed by atoms with Crippen LogP contribution in [0, 0.1) is 5.92 Å². The van der Waals surface area contributed by atoms with Crippen molar-refractivity contribution in [3.8, 4) is 0 Å². The predicted molar refractivity (Wildman–Crippen MR) is 77.8 cm³/mol. The summed E-state index contributed by atoms with van der Waals surface area (Å²) in [6.45, 7) is 1.41. The molecule has 1 atom stereocenters. The number of benzene rings is 1. The molecule has 1 aliphatic heterocycles. The maximum atomic E-state index is 12.6. The van der Waals surface area contributed by atoms with Gasteiger partial charge >= 0.3 is 0 Å². The molecule has 0 saturated carbocycles. The molecule has 5 heteroatoms. The quantitative estimate of drug-likeness (QED) is 0.864. The molecular weight excluding hydrogens is 276 g/mol. The third-order valence-electron chi connectivity index (χ3n) is 3.75. The number of likely N-dealkylation sites (tertiary alicyclic amines) is 1. The minimum atomic E-state index is -0.0403. The van der Waals surface area contributed by atoms with Crippen LogP contribution in [0.2, 0.25) is 5.15 Å². The number of aromatic nitrogens is 1. The number of fused-ring (bicyclic) bond motifs is 1. The van der Waals surface area contributed by atoms with Crippen LogP contribution in [0.1, 0.15) is 16.8 Å². The number of hydrogen-bond acceptors (Lipinski definition) is 3. The van der Waals surface area contributed by atoms with Gasteiger partial charge in [-0.15, -0.1) is 0 Å². The maximum Gasteiger partial charge on any atom is 0.254 e. The number of rotatable bonds is 2. The number of nitrogens with zero attached hydrogens (tertiary/aromatic N) is 2. The molecule has 0 radical (unpaired) electrons. The number of carbonyl (C=O) groups excluding carboxylic acids is 1. The van der Waals surface area contributed by atoms with Crippen molar-refractivity contribution in [3.05, 3.63) is 41.0 Å². The van der Waals surface area contributed by atoms with Gasteiger partial charge < -0.3 is 10.0 Å². The Balaban J connectivity index is 1.99. The minimum Gasteiger partial charge on any atom is -0.396 e. The zero-order chi connectivity index (χ0) is 14.1. The van der Waals surface area contributed by atoms with Gasteiger partial charge in [-0.2, -0.15) is 0 Å². The Bertz CT molecular complexity index is 659. The summed E-state index contributed by atoms with van der Waals surface area (Å²) in [6, 6.07) is 9.11. The van der Waals surface area contributed by atoms with Crippen LogP contribution in [0.4, 0.5) is 0 Å². The van der Waals surface area contributed by atoms with Crippen molar-refractivity contribution in [2.45, 2.75) is 6.42 Å². The molecule has 1 aromatic carbocycles. The van der Waals surface area contributed by atoms with Crippen molar-refractivity contribution >= 4 is 28.4 Å². The number of halogens is 1. The van der Waals surface area contributed by atoms with Gasteiger partial charge in [-0.05, 0) is 18.6 Å². The number of para-hydroxylation sites is 1. The molecule has 3 rings (SSSR count). The highest BCUT2D eigenvalue weighted by atomic mass is 35.5. The van der Waals surface area contributed by atoms with E-state index in [9.17, 15) is 9.90 Å². The van der Waals surface area contributed by atoms with Crippen molar-refractivity contribution in [3.63, 3.8) is 0 Å². The van der Waals surface area contributed by atoms with E-state index in [-0.39, 0.29) is 18.4 Å². The molecule has 1 N–H and O–H groups in total. The molecule has 1 unspecified atom stereocenters. The SMILES string of the molecule is O=C(c1cc(Cl)nc2ccccc12)N1CCC(CO)C1. The molecule has 0 aliphatic carbocycles.